The molecule has 1 aromatic heterocycles. The van der Waals surface area contributed by atoms with Crippen molar-refractivity contribution in [3.8, 4) is 0 Å². The van der Waals surface area contributed by atoms with Gasteiger partial charge in [0.05, 0.1) is 0 Å². The van der Waals surface area contributed by atoms with Gasteiger partial charge in [0.2, 0.25) is 0 Å². The molecule has 0 saturated carbocycles. The lowest BCUT2D eigenvalue weighted by molar-refractivity contribution is 0.101. The molecule has 1 fully saturated rings. The van der Waals surface area contributed by atoms with E-state index in [1.807, 2.05) is 11.3 Å². The van der Waals surface area contributed by atoms with Crippen LogP contribution >= 0.6 is 11.3 Å². The van der Waals surface area contributed by atoms with Gasteiger partial charge in [0.15, 0.2) is 0 Å². The van der Waals surface area contributed by atoms with E-state index in [0.717, 1.165) is 6.54 Å². The molecule has 18 heavy (non-hydrogen) atoms. The topological polar surface area (TPSA) is 6.48 Å². The van der Waals surface area contributed by atoms with Crippen LogP contribution in [0.3, 0.4) is 0 Å². The number of likely N-dealkylation sites (N-methyl/N-ethyl adjacent to an activating group) is 1. The molecular weight excluding hydrogens is 240 g/mol. The summed E-state index contributed by atoms with van der Waals surface area (Å²) in [5.74, 6) is 0. The standard InChI is InChI=1S/C15H26N2S/c1-4-5-6-14-7-8-15(18-14)12-17-10-9-16(3)13(2)11-17/h7-8,13H,4-6,9-12H2,1-3H3. The molecule has 0 N–H and O–H groups in total. The van der Waals surface area contributed by atoms with Crippen molar-refractivity contribution in [1.29, 1.82) is 0 Å². The summed E-state index contributed by atoms with van der Waals surface area (Å²) in [5.41, 5.74) is 0. The molecule has 0 amide bonds. The van der Waals surface area contributed by atoms with Gasteiger partial charge in [-0.2, -0.15) is 0 Å². The largest absolute Gasteiger partial charge is 0.301 e. The van der Waals surface area contributed by atoms with Gasteiger partial charge in [0.25, 0.3) is 0 Å². The van der Waals surface area contributed by atoms with E-state index in [-0.39, 0.29) is 0 Å². The highest BCUT2D eigenvalue weighted by Gasteiger charge is 2.20. The highest BCUT2D eigenvalue weighted by molar-refractivity contribution is 7.11. The summed E-state index contributed by atoms with van der Waals surface area (Å²) >= 11 is 2.01. The molecular formula is C15H26N2S. The van der Waals surface area contributed by atoms with Gasteiger partial charge in [-0.3, -0.25) is 4.90 Å². The first-order chi connectivity index (χ1) is 8.69. The molecule has 1 aliphatic rings. The van der Waals surface area contributed by atoms with E-state index < -0.39 is 0 Å². The first-order valence-corrected chi connectivity index (χ1v) is 8.01. The Hall–Kier alpha value is -0.380. The maximum atomic E-state index is 2.60. The number of nitrogens with zero attached hydrogens (tertiary/aromatic N) is 2. The first kappa shape index (κ1) is 14.0. The van der Waals surface area contributed by atoms with Crippen molar-refractivity contribution in [3.63, 3.8) is 0 Å². The van der Waals surface area contributed by atoms with E-state index in [9.17, 15) is 0 Å². The van der Waals surface area contributed by atoms with Gasteiger partial charge in [-0.05, 0) is 38.9 Å². The second-order valence-corrected chi connectivity index (χ2v) is 6.79. The monoisotopic (exact) mass is 266 g/mol. The number of unbranched alkanes of at least 4 members (excludes halogenated alkanes) is 1. The van der Waals surface area contributed by atoms with Crippen molar-refractivity contribution in [2.24, 2.45) is 0 Å². The molecule has 3 heteroatoms. The van der Waals surface area contributed by atoms with Crippen LogP contribution in [0, 0.1) is 0 Å². The van der Waals surface area contributed by atoms with E-state index >= 15 is 0 Å². The van der Waals surface area contributed by atoms with Crippen molar-refractivity contribution < 1.29 is 0 Å². The lowest BCUT2D eigenvalue weighted by atomic mass is 10.2. The van der Waals surface area contributed by atoms with Gasteiger partial charge in [-0.15, -0.1) is 11.3 Å². The van der Waals surface area contributed by atoms with E-state index in [4.69, 9.17) is 0 Å². The summed E-state index contributed by atoms with van der Waals surface area (Å²) in [7, 11) is 2.23. The highest BCUT2D eigenvalue weighted by atomic mass is 32.1. The highest BCUT2D eigenvalue weighted by Crippen LogP contribution is 2.21. The minimum absolute atomic E-state index is 0.693. The third kappa shape index (κ3) is 3.81. The van der Waals surface area contributed by atoms with Crippen LogP contribution in [-0.4, -0.2) is 42.5 Å². The average Bonchev–Trinajstić information content (AvgIpc) is 2.79. The van der Waals surface area contributed by atoms with Crippen molar-refractivity contribution in [1.82, 2.24) is 9.80 Å². The van der Waals surface area contributed by atoms with Crippen LogP contribution < -0.4 is 0 Å². The van der Waals surface area contributed by atoms with Gasteiger partial charge in [-0.25, -0.2) is 0 Å². The summed E-state index contributed by atoms with van der Waals surface area (Å²) in [5, 5.41) is 0. The number of hydrogen-bond acceptors (Lipinski definition) is 3. The third-order valence-corrected chi connectivity index (χ3v) is 5.05. The van der Waals surface area contributed by atoms with Crippen molar-refractivity contribution in [3.05, 3.63) is 21.9 Å². The van der Waals surface area contributed by atoms with Gasteiger partial charge >= 0.3 is 0 Å². The Morgan fingerprint density at radius 1 is 1.28 bits per heavy atom. The molecule has 0 radical (unpaired) electrons. The summed E-state index contributed by atoms with van der Waals surface area (Å²) in [6.07, 6.45) is 3.88. The predicted octanol–water partition coefficient (Wildman–Crippen LogP) is 3.23. The Morgan fingerprint density at radius 3 is 2.78 bits per heavy atom. The Bertz CT molecular complexity index is 361. The zero-order valence-corrected chi connectivity index (χ0v) is 12.8. The number of thiophene rings is 1. The van der Waals surface area contributed by atoms with E-state index in [0.29, 0.717) is 6.04 Å². The smallest absolute Gasteiger partial charge is 0.0329 e. The van der Waals surface area contributed by atoms with E-state index in [1.165, 1.54) is 43.8 Å². The molecule has 1 aromatic rings. The molecule has 2 heterocycles. The Morgan fingerprint density at radius 2 is 2.06 bits per heavy atom. The van der Waals surface area contributed by atoms with Crippen LogP contribution in [0.25, 0.3) is 0 Å². The third-order valence-electron chi connectivity index (χ3n) is 3.92. The second-order valence-electron chi connectivity index (χ2n) is 5.54. The summed E-state index contributed by atoms with van der Waals surface area (Å²) in [6.45, 7) is 9.36. The zero-order chi connectivity index (χ0) is 13.0. The van der Waals surface area contributed by atoms with Crippen LogP contribution in [0.1, 0.15) is 36.4 Å². The minimum Gasteiger partial charge on any atom is -0.301 e. The average molecular weight is 266 g/mol. The molecule has 102 valence electrons. The zero-order valence-electron chi connectivity index (χ0n) is 12.0. The minimum atomic E-state index is 0.693. The quantitative estimate of drug-likeness (QED) is 0.807. The molecule has 1 atom stereocenters. The summed E-state index contributed by atoms with van der Waals surface area (Å²) in [6, 6.07) is 5.35. The van der Waals surface area contributed by atoms with Gasteiger partial charge in [0.1, 0.15) is 0 Å². The number of hydrogen-bond donors (Lipinski definition) is 0. The Kier molecular flexibility index (Phi) is 5.22. The maximum Gasteiger partial charge on any atom is 0.0329 e. The normalized spacial score (nSPS) is 22.5. The maximum absolute atomic E-state index is 2.60. The molecule has 2 nitrogen and oxygen atoms in total. The van der Waals surface area contributed by atoms with Crippen molar-refractivity contribution in [2.45, 2.75) is 45.7 Å². The summed E-state index contributed by atoms with van der Waals surface area (Å²) < 4.78 is 0. The molecule has 0 aromatic carbocycles. The van der Waals surface area contributed by atoms with Crippen LogP contribution in [0.5, 0.6) is 0 Å². The number of aryl methyl sites for hydroxylation is 1. The molecule has 1 saturated heterocycles. The fraction of sp³-hybridized carbons (Fsp3) is 0.733. The van der Waals surface area contributed by atoms with Crippen LogP contribution in [0.4, 0.5) is 0 Å². The SMILES string of the molecule is CCCCc1ccc(CN2CCN(C)C(C)C2)s1. The molecule has 2 rings (SSSR count). The lowest BCUT2D eigenvalue weighted by Crippen LogP contribution is -2.49. The Labute approximate surface area is 116 Å². The fourth-order valence-corrected chi connectivity index (χ4v) is 3.58. The van der Waals surface area contributed by atoms with E-state index in [2.05, 4.69) is 42.8 Å². The fourth-order valence-electron chi connectivity index (χ4n) is 2.48. The predicted molar refractivity (Wildman–Crippen MR) is 80.3 cm³/mol. The number of piperazine rings is 1. The Balaban J connectivity index is 1.84. The van der Waals surface area contributed by atoms with Gasteiger partial charge in [-0.1, -0.05) is 13.3 Å². The van der Waals surface area contributed by atoms with Crippen LogP contribution in [0.15, 0.2) is 12.1 Å². The molecule has 0 spiro atoms. The van der Waals surface area contributed by atoms with Gasteiger partial charge < -0.3 is 4.90 Å². The second kappa shape index (κ2) is 6.69. The van der Waals surface area contributed by atoms with Crippen LogP contribution in [-0.2, 0) is 13.0 Å². The van der Waals surface area contributed by atoms with Crippen molar-refractivity contribution in [2.75, 3.05) is 26.7 Å². The number of rotatable bonds is 5. The first-order valence-electron chi connectivity index (χ1n) is 7.19. The van der Waals surface area contributed by atoms with Crippen molar-refractivity contribution >= 4 is 11.3 Å². The lowest BCUT2D eigenvalue weighted by Gasteiger charge is -2.37. The van der Waals surface area contributed by atoms with Gasteiger partial charge in [0, 0.05) is 42.0 Å². The molecule has 1 aliphatic heterocycles. The van der Waals surface area contributed by atoms with Crippen LogP contribution in [0.2, 0.25) is 0 Å². The molecule has 0 bridgehead atoms. The molecule has 1 unspecified atom stereocenters. The summed E-state index contributed by atoms with van der Waals surface area (Å²) in [4.78, 5) is 8.16. The molecule has 0 aliphatic carbocycles. The van der Waals surface area contributed by atoms with E-state index in [1.54, 1.807) is 4.88 Å².